The summed E-state index contributed by atoms with van der Waals surface area (Å²) in [7, 11) is 0. The number of piperazine rings is 1. The van der Waals surface area contributed by atoms with E-state index < -0.39 is 0 Å². The van der Waals surface area contributed by atoms with E-state index in [2.05, 4.69) is 50.0 Å². The first-order chi connectivity index (χ1) is 9.08. The van der Waals surface area contributed by atoms with Crippen molar-refractivity contribution in [3.63, 3.8) is 0 Å². The molecule has 1 saturated heterocycles. The van der Waals surface area contributed by atoms with E-state index in [1.807, 2.05) is 11.3 Å². The SMILES string of the molecule is CCC1CNC(CC(C)C)CN1Cc1ccc(C)s1. The van der Waals surface area contributed by atoms with Crippen LogP contribution in [0, 0.1) is 12.8 Å². The minimum atomic E-state index is 0.670. The third-order valence-electron chi connectivity index (χ3n) is 4.00. The van der Waals surface area contributed by atoms with E-state index in [4.69, 9.17) is 0 Å². The maximum atomic E-state index is 3.73. The van der Waals surface area contributed by atoms with Gasteiger partial charge in [-0.2, -0.15) is 0 Å². The smallest absolute Gasteiger partial charge is 0.0332 e. The van der Waals surface area contributed by atoms with E-state index in [0.717, 1.165) is 19.0 Å². The predicted molar refractivity (Wildman–Crippen MR) is 84.8 cm³/mol. The zero-order chi connectivity index (χ0) is 13.8. The average molecular weight is 280 g/mol. The molecule has 0 radical (unpaired) electrons. The van der Waals surface area contributed by atoms with Crippen molar-refractivity contribution < 1.29 is 0 Å². The molecule has 2 atom stereocenters. The van der Waals surface area contributed by atoms with Crippen LogP contribution < -0.4 is 5.32 Å². The summed E-state index contributed by atoms with van der Waals surface area (Å²) in [5, 5.41) is 3.73. The fraction of sp³-hybridized carbons (Fsp3) is 0.750. The van der Waals surface area contributed by atoms with Crippen LogP contribution >= 0.6 is 11.3 Å². The van der Waals surface area contributed by atoms with Gasteiger partial charge < -0.3 is 5.32 Å². The van der Waals surface area contributed by atoms with Gasteiger partial charge in [-0.3, -0.25) is 4.90 Å². The van der Waals surface area contributed by atoms with Crippen LogP contribution in [0.25, 0.3) is 0 Å². The van der Waals surface area contributed by atoms with Gasteiger partial charge in [0, 0.05) is 41.5 Å². The Labute approximate surface area is 122 Å². The molecule has 1 aliphatic heterocycles. The molecule has 0 aliphatic carbocycles. The Hall–Kier alpha value is -0.380. The number of rotatable bonds is 5. The molecule has 1 aromatic rings. The minimum absolute atomic E-state index is 0.670. The van der Waals surface area contributed by atoms with Crippen LogP contribution in [0.1, 0.15) is 43.4 Å². The van der Waals surface area contributed by atoms with Crippen molar-refractivity contribution in [2.75, 3.05) is 13.1 Å². The summed E-state index contributed by atoms with van der Waals surface area (Å²) in [6.07, 6.45) is 2.53. The lowest BCUT2D eigenvalue weighted by Gasteiger charge is -2.40. The van der Waals surface area contributed by atoms with Crippen molar-refractivity contribution in [2.45, 2.75) is 59.2 Å². The van der Waals surface area contributed by atoms with Crippen molar-refractivity contribution in [3.8, 4) is 0 Å². The Morgan fingerprint density at radius 1 is 1.42 bits per heavy atom. The highest BCUT2D eigenvalue weighted by Gasteiger charge is 2.27. The number of hydrogen-bond donors (Lipinski definition) is 1. The average Bonchev–Trinajstić information content (AvgIpc) is 2.74. The summed E-state index contributed by atoms with van der Waals surface area (Å²) in [6, 6.07) is 5.91. The van der Waals surface area contributed by atoms with Crippen LogP contribution in [-0.4, -0.2) is 30.1 Å². The third kappa shape index (κ3) is 4.30. The Kier molecular flexibility index (Phi) is 5.43. The molecule has 0 bridgehead atoms. The van der Waals surface area contributed by atoms with Gasteiger partial charge in [0.05, 0.1) is 0 Å². The van der Waals surface area contributed by atoms with Gasteiger partial charge in [0.1, 0.15) is 0 Å². The van der Waals surface area contributed by atoms with Crippen molar-refractivity contribution in [1.29, 1.82) is 0 Å². The molecule has 0 spiro atoms. The summed E-state index contributed by atoms with van der Waals surface area (Å²) in [4.78, 5) is 5.63. The van der Waals surface area contributed by atoms with Gasteiger partial charge in [-0.1, -0.05) is 20.8 Å². The Morgan fingerprint density at radius 2 is 2.21 bits per heavy atom. The van der Waals surface area contributed by atoms with Crippen molar-refractivity contribution in [3.05, 3.63) is 21.9 Å². The van der Waals surface area contributed by atoms with Gasteiger partial charge in [0.2, 0.25) is 0 Å². The molecule has 2 nitrogen and oxygen atoms in total. The zero-order valence-corrected chi connectivity index (χ0v) is 13.6. The van der Waals surface area contributed by atoms with Crippen LogP contribution in [0.5, 0.6) is 0 Å². The molecule has 0 amide bonds. The maximum Gasteiger partial charge on any atom is 0.0332 e. The lowest BCUT2D eigenvalue weighted by atomic mass is 9.99. The first kappa shape index (κ1) is 15.0. The van der Waals surface area contributed by atoms with Gasteiger partial charge in [-0.15, -0.1) is 11.3 Å². The van der Waals surface area contributed by atoms with Gasteiger partial charge in [-0.25, -0.2) is 0 Å². The van der Waals surface area contributed by atoms with Crippen LogP contribution in [-0.2, 0) is 6.54 Å². The molecule has 2 rings (SSSR count). The molecule has 108 valence electrons. The highest BCUT2D eigenvalue weighted by atomic mass is 32.1. The van der Waals surface area contributed by atoms with Gasteiger partial charge in [-0.05, 0) is 37.8 Å². The minimum Gasteiger partial charge on any atom is -0.311 e. The summed E-state index contributed by atoms with van der Waals surface area (Å²) >= 11 is 1.95. The van der Waals surface area contributed by atoms with Gasteiger partial charge in [0.25, 0.3) is 0 Å². The summed E-state index contributed by atoms with van der Waals surface area (Å²) in [6.45, 7) is 12.6. The fourth-order valence-corrected chi connectivity index (χ4v) is 3.94. The molecule has 0 aromatic carbocycles. The van der Waals surface area contributed by atoms with E-state index in [1.54, 1.807) is 0 Å². The summed E-state index contributed by atoms with van der Waals surface area (Å²) in [5.41, 5.74) is 0. The normalized spacial score (nSPS) is 25.1. The molecule has 19 heavy (non-hydrogen) atoms. The predicted octanol–water partition coefficient (Wildman–Crippen LogP) is 3.66. The van der Waals surface area contributed by atoms with E-state index in [9.17, 15) is 0 Å². The molecule has 1 N–H and O–H groups in total. The fourth-order valence-electron chi connectivity index (χ4n) is 3.02. The van der Waals surface area contributed by atoms with Gasteiger partial charge >= 0.3 is 0 Å². The number of nitrogens with zero attached hydrogens (tertiary/aromatic N) is 1. The Balaban J connectivity index is 1.97. The third-order valence-corrected chi connectivity index (χ3v) is 4.98. The number of hydrogen-bond acceptors (Lipinski definition) is 3. The molecule has 0 saturated carbocycles. The standard InChI is InChI=1S/C16H28N2S/c1-5-15-9-17-14(8-12(2)3)10-18(15)11-16-7-6-13(4)19-16/h6-7,12,14-15,17H,5,8-11H2,1-4H3. The molecular weight excluding hydrogens is 252 g/mol. The largest absolute Gasteiger partial charge is 0.311 e. The highest BCUT2D eigenvalue weighted by Crippen LogP contribution is 2.22. The lowest BCUT2D eigenvalue weighted by molar-refractivity contribution is 0.112. The monoisotopic (exact) mass is 280 g/mol. The van der Waals surface area contributed by atoms with Crippen LogP contribution in [0.2, 0.25) is 0 Å². The first-order valence-electron chi connectivity index (χ1n) is 7.61. The van der Waals surface area contributed by atoms with Crippen LogP contribution in [0.3, 0.4) is 0 Å². The quantitative estimate of drug-likeness (QED) is 0.885. The second kappa shape index (κ2) is 6.87. The van der Waals surface area contributed by atoms with E-state index in [1.165, 1.54) is 29.1 Å². The number of aryl methyl sites for hydroxylation is 1. The molecule has 1 aliphatic rings. The Bertz CT molecular complexity index is 386. The zero-order valence-electron chi connectivity index (χ0n) is 12.8. The first-order valence-corrected chi connectivity index (χ1v) is 8.42. The highest BCUT2D eigenvalue weighted by molar-refractivity contribution is 7.11. The van der Waals surface area contributed by atoms with E-state index in [0.29, 0.717) is 12.1 Å². The molecule has 2 unspecified atom stereocenters. The summed E-state index contributed by atoms with van der Waals surface area (Å²) in [5.74, 6) is 0.779. The molecule has 2 heterocycles. The van der Waals surface area contributed by atoms with Crippen molar-refractivity contribution in [1.82, 2.24) is 10.2 Å². The van der Waals surface area contributed by atoms with E-state index >= 15 is 0 Å². The topological polar surface area (TPSA) is 15.3 Å². The van der Waals surface area contributed by atoms with Gasteiger partial charge in [0.15, 0.2) is 0 Å². The van der Waals surface area contributed by atoms with Crippen molar-refractivity contribution in [2.24, 2.45) is 5.92 Å². The van der Waals surface area contributed by atoms with Crippen LogP contribution in [0.4, 0.5) is 0 Å². The molecule has 1 aromatic heterocycles. The molecule has 3 heteroatoms. The van der Waals surface area contributed by atoms with Crippen molar-refractivity contribution >= 4 is 11.3 Å². The van der Waals surface area contributed by atoms with E-state index in [-0.39, 0.29) is 0 Å². The second-order valence-corrected chi connectivity index (χ2v) is 7.61. The second-order valence-electron chi connectivity index (χ2n) is 6.24. The number of thiophene rings is 1. The lowest BCUT2D eigenvalue weighted by Crippen LogP contribution is -2.56. The maximum absolute atomic E-state index is 3.73. The number of nitrogens with one attached hydrogen (secondary N) is 1. The molecule has 1 fully saturated rings. The van der Waals surface area contributed by atoms with Crippen LogP contribution in [0.15, 0.2) is 12.1 Å². The Morgan fingerprint density at radius 3 is 2.79 bits per heavy atom. The molecular formula is C16H28N2S. The summed E-state index contributed by atoms with van der Waals surface area (Å²) < 4.78 is 0.